The molecule has 2 aromatic rings. The van der Waals surface area contributed by atoms with Gasteiger partial charge < -0.3 is 44.2 Å². The monoisotopic (exact) mass is 1140 g/mol. The van der Waals surface area contributed by atoms with Crippen LogP contribution in [0.4, 0.5) is 4.79 Å². The summed E-state index contributed by atoms with van der Waals surface area (Å²) in [6, 6.07) is 9.18. The predicted molar refractivity (Wildman–Crippen MR) is 338 cm³/mol. The van der Waals surface area contributed by atoms with E-state index < -0.39 is 6.16 Å². The maximum atomic E-state index is 11.8. The van der Waals surface area contributed by atoms with Crippen LogP contribution in [0.2, 0.25) is 0 Å². The molecule has 0 heterocycles. The van der Waals surface area contributed by atoms with E-state index in [1.54, 1.807) is 0 Å². The molecule has 0 aliphatic heterocycles. The van der Waals surface area contributed by atoms with Crippen molar-refractivity contribution in [2.24, 2.45) is 9.98 Å². The van der Waals surface area contributed by atoms with Crippen molar-refractivity contribution in [2.75, 3.05) is 52.4 Å². The van der Waals surface area contributed by atoms with Crippen molar-refractivity contribution < 1.29 is 51.0 Å². The molecule has 457 valence electrons. The first-order valence-electron chi connectivity index (χ1n) is 30.8. The van der Waals surface area contributed by atoms with Crippen molar-refractivity contribution in [3.63, 3.8) is 0 Å². The van der Waals surface area contributed by atoms with Crippen molar-refractivity contribution in [3.05, 3.63) is 72.5 Å². The zero-order valence-corrected chi connectivity index (χ0v) is 53.5. The number of carbonyl (C=O) groups is 1. The molecule has 4 N–H and O–H groups in total. The minimum Gasteiger partial charge on any atom is -0.507 e. The summed E-state index contributed by atoms with van der Waals surface area (Å²) < 4.78 is 2.58. The van der Waals surface area contributed by atoms with Gasteiger partial charge >= 0.3 is 6.16 Å². The Labute approximate surface area is 493 Å². The van der Waals surface area contributed by atoms with Crippen LogP contribution < -0.4 is 0 Å². The number of aliphatic imine (C=N–C) groups is 2. The first-order chi connectivity index (χ1) is 35.4. The van der Waals surface area contributed by atoms with E-state index in [0.29, 0.717) is 11.5 Å². The summed E-state index contributed by atoms with van der Waals surface area (Å²) in [5.74, 6) is 0.706. The van der Waals surface area contributed by atoms with Crippen molar-refractivity contribution >= 4 is 18.6 Å². The molecule has 0 bridgehead atoms. The number of phenols is 2. The Bertz CT molecular complexity index is 1820. The van der Waals surface area contributed by atoms with E-state index in [-0.39, 0.29) is 62.0 Å². The summed E-state index contributed by atoms with van der Waals surface area (Å²) in [4.78, 5) is 19.1. The van der Waals surface area contributed by atoms with E-state index >= 15 is 0 Å². The maximum Gasteiger partial charge on any atom is 0.503 e. The number of quaternary nitrogens is 2. The molecule has 0 amide bonds. The summed E-state index contributed by atoms with van der Waals surface area (Å²) in [7, 11) is 0. The Hall–Kier alpha value is -2.92. The van der Waals surface area contributed by atoms with Gasteiger partial charge in [-0.3, -0.25) is 9.98 Å². The normalized spacial score (nSPS) is 15.0. The minimum atomic E-state index is -1.83. The van der Waals surface area contributed by atoms with Gasteiger partial charge in [0.2, 0.25) is 0 Å². The Morgan fingerprint density at radius 1 is 0.500 bits per heavy atom. The van der Waals surface area contributed by atoms with Crippen LogP contribution in [-0.4, -0.2) is 112 Å². The molecule has 10 heteroatoms. The van der Waals surface area contributed by atoms with Gasteiger partial charge in [-0.05, 0) is 149 Å². The van der Waals surface area contributed by atoms with Crippen LogP contribution in [0.5, 0.6) is 11.5 Å². The maximum absolute atomic E-state index is 11.8. The molecular formula is C68H126CoN4O5. The van der Waals surface area contributed by atoms with E-state index in [9.17, 15) is 10.2 Å². The molecular weight excluding hydrogens is 1010 g/mol. The molecule has 1 aliphatic rings. The number of rotatable bonds is 38. The van der Waals surface area contributed by atoms with E-state index in [1.165, 1.54) is 201 Å². The number of nitrogens with zero attached hydrogens (tertiary/aromatic N) is 4. The molecule has 2 aromatic carbocycles. The quantitative estimate of drug-likeness (QED) is 0.0303. The SMILES string of the molecule is C.CCCCC(C)(CCCC)c1cc(C)c(O)c(C=NC2CCCCC2N=Cc2cc(C(C)(CCC[N+](CCCC)(CCCC)CCCC)CCC[N+](CCCC)(CCCC)CCCC)cc(C)c2O)c1.O=C(O)O.[CH3-].[CH3-].[Co]. The Kier molecular flexibility index (Phi) is 43.6. The largest absolute Gasteiger partial charge is 0.507 e. The summed E-state index contributed by atoms with van der Waals surface area (Å²) in [5, 5.41) is 37.1. The number of hydrogen-bond acceptors (Lipinski definition) is 5. The number of benzene rings is 2. The Morgan fingerprint density at radius 2 is 0.744 bits per heavy atom. The molecule has 9 nitrogen and oxygen atoms in total. The van der Waals surface area contributed by atoms with E-state index in [1.807, 2.05) is 19.4 Å². The molecule has 2 unspecified atom stereocenters. The number of carboxylic acid groups (broad SMARTS) is 2. The van der Waals surface area contributed by atoms with Gasteiger partial charge in [0, 0.05) is 40.3 Å². The zero-order valence-electron chi connectivity index (χ0n) is 52.5. The fourth-order valence-electron chi connectivity index (χ4n) is 12.2. The number of aryl methyl sites for hydroxylation is 2. The second kappa shape index (κ2) is 42.9. The van der Waals surface area contributed by atoms with Crippen LogP contribution in [0, 0.1) is 28.7 Å². The van der Waals surface area contributed by atoms with Crippen LogP contribution >= 0.6 is 0 Å². The van der Waals surface area contributed by atoms with Crippen LogP contribution in [-0.2, 0) is 27.6 Å². The summed E-state index contributed by atoms with van der Waals surface area (Å²) in [6.07, 6.45) is 33.8. The number of aromatic hydroxyl groups is 2. The average molecular weight is 1140 g/mol. The molecule has 0 aromatic heterocycles. The fourth-order valence-corrected chi connectivity index (χ4v) is 12.2. The smallest absolute Gasteiger partial charge is 0.503 e. The van der Waals surface area contributed by atoms with Gasteiger partial charge in [-0.25, -0.2) is 4.79 Å². The molecule has 1 aliphatic carbocycles. The Balaban J connectivity index is -0.00000678. The molecule has 0 saturated heterocycles. The summed E-state index contributed by atoms with van der Waals surface area (Å²) in [5.41, 5.74) is 6.34. The molecule has 2 atom stereocenters. The van der Waals surface area contributed by atoms with Gasteiger partial charge in [0.25, 0.3) is 0 Å². The molecule has 78 heavy (non-hydrogen) atoms. The fraction of sp³-hybridized carbons (Fsp3) is 0.750. The number of hydrogen-bond donors (Lipinski definition) is 4. The van der Waals surface area contributed by atoms with Gasteiger partial charge in [-0.2, -0.15) is 0 Å². The second-order valence-electron chi connectivity index (χ2n) is 23.8. The van der Waals surface area contributed by atoms with Crippen molar-refractivity contribution in [2.45, 2.75) is 280 Å². The predicted octanol–water partition coefficient (Wildman–Crippen LogP) is 19.2. The van der Waals surface area contributed by atoms with Gasteiger partial charge in [0.05, 0.1) is 64.4 Å². The molecule has 1 saturated carbocycles. The van der Waals surface area contributed by atoms with E-state index in [4.69, 9.17) is 25.0 Å². The summed E-state index contributed by atoms with van der Waals surface area (Å²) in [6.45, 7) is 38.3. The standard InChI is InChI=1S/C64H112N4O2.CH2O3.CH4.2CH3.Co/c1-13-21-35-63(11,36-22-14-2)57-47-53(9)61(69)55(49-57)51-65-59-33-29-30-34-60(59)66-52-56-50-58(48-54(10)62(56)70)64(12,37-31-45-67(39-23-15-3,40-24-16-4)41-25-17-5)38-32-46-68(42-26-18-6,43-27-19-7)44-28-20-8;2-1(3)4;;;;/h47-52,59-60H,13-46H2,1-12H3;(H2,2,3,4);1H4;2*1H3;/q;;;2*-1;/p+2. The third-order valence-electron chi connectivity index (χ3n) is 17.4. The van der Waals surface area contributed by atoms with Crippen LogP contribution in [0.3, 0.4) is 0 Å². The number of unbranched alkanes of at least 4 members (excludes halogenated alkanes) is 8. The topological polar surface area (TPSA) is 123 Å². The van der Waals surface area contributed by atoms with Gasteiger partial charge in [-0.15, -0.1) is 0 Å². The van der Waals surface area contributed by atoms with Gasteiger partial charge in [-0.1, -0.05) is 166 Å². The van der Waals surface area contributed by atoms with E-state index in [2.05, 4.69) is 100 Å². The van der Waals surface area contributed by atoms with Crippen LogP contribution in [0.15, 0.2) is 34.3 Å². The summed E-state index contributed by atoms with van der Waals surface area (Å²) >= 11 is 0. The van der Waals surface area contributed by atoms with E-state index in [0.717, 1.165) is 60.8 Å². The Morgan fingerprint density at radius 3 is 1.00 bits per heavy atom. The van der Waals surface area contributed by atoms with Crippen LogP contribution in [0.1, 0.15) is 277 Å². The zero-order chi connectivity index (χ0) is 55.0. The van der Waals surface area contributed by atoms with Crippen molar-refractivity contribution in [1.29, 1.82) is 0 Å². The average Bonchev–Trinajstić information content (AvgIpc) is 3.38. The number of phenolic OH excluding ortho intramolecular Hbond substituents is 2. The second-order valence-corrected chi connectivity index (χ2v) is 23.8. The van der Waals surface area contributed by atoms with Crippen molar-refractivity contribution in [1.82, 2.24) is 0 Å². The van der Waals surface area contributed by atoms with Gasteiger partial charge in [0.1, 0.15) is 11.5 Å². The molecule has 3 rings (SSSR count). The van der Waals surface area contributed by atoms with Crippen molar-refractivity contribution in [3.8, 4) is 11.5 Å². The minimum absolute atomic E-state index is 0. The first kappa shape index (κ1) is 79.3. The molecule has 1 radical (unpaired) electrons. The molecule has 1 fully saturated rings. The third-order valence-corrected chi connectivity index (χ3v) is 17.4. The molecule has 0 spiro atoms. The van der Waals surface area contributed by atoms with Gasteiger partial charge in [0.15, 0.2) is 0 Å². The third kappa shape index (κ3) is 27.2. The first-order valence-corrected chi connectivity index (χ1v) is 30.8. The van der Waals surface area contributed by atoms with Crippen LogP contribution in [0.25, 0.3) is 0 Å².